The average molecular weight is 391 g/mol. The Morgan fingerprint density at radius 2 is 1.90 bits per heavy atom. The molecule has 0 spiro atoms. The van der Waals surface area contributed by atoms with Crippen LogP contribution in [0.15, 0.2) is 35.3 Å². The van der Waals surface area contributed by atoms with E-state index in [1.807, 2.05) is 30.3 Å². The van der Waals surface area contributed by atoms with Gasteiger partial charge < -0.3 is 15.4 Å². The summed E-state index contributed by atoms with van der Waals surface area (Å²) in [5, 5.41) is 6.55. The molecular formula is C15H26IN3O. The van der Waals surface area contributed by atoms with Crippen molar-refractivity contribution in [3.8, 4) is 5.75 Å². The van der Waals surface area contributed by atoms with Crippen LogP contribution < -0.4 is 15.4 Å². The lowest BCUT2D eigenvalue weighted by Crippen LogP contribution is -2.39. The van der Waals surface area contributed by atoms with Crippen LogP contribution in [0.5, 0.6) is 5.75 Å². The lowest BCUT2D eigenvalue weighted by atomic mass is 10.2. The number of nitrogens with one attached hydrogen (secondary N) is 2. The Morgan fingerprint density at radius 1 is 1.20 bits per heavy atom. The van der Waals surface area contributed by atoms with Crippen molar-refractivity contribution in [3.05, 3.63) is 30.3 Å². The highest BCUT2D eigenvalue weighted by atomic mass is 127. The average Bonchev–Trinajstić information content (AvgIpc) is 2.42. The molecule has 0 aliphatic carbocycles. The van der Waals surface area contributed by atoms with Gasteiger partial charge in [0, 0.05) is 20.1 Å². The molecule has 0 aliphatic heterocycles. The van der Waals surface area contributed by atoms with E-state index in [1.54, 1.807) is 7.05 Å². The first-order valence-electron chi connectivity index (χ1n) is 6.84. The molecule has 0 amide bonds. The predicted octanol–water partition coefficient (Wildman–Crippen LogP) is 2.89. The summed E-state index contributed by atoms with van der Waals surface area (Å²) in [7, 11) is 1.79. The third-order valence-electron chi connectivity index (χ3n) is 2.53. The highest BCUT2D eigenvalue weighted by molar-refractivity contribution is 14.0. The SMILES string of the molecule is CN=C(NCCCOc1ccccc1)NCC(C)C.I. The minimum absolute atomic E-state index is 0. The molecule has 20 heavy (non-hydrogen) atoms. The fourth-order valence-electron chi connectivity index (χ4n) is 1.51. The third kappa shape index (κ3) is 9.01. The molecular weight excluding hydrogens is 365 g/mol. The van der Waals surface area contributed by atoms with E-state index in [2.05, 4.69) is 29.5 Å². The first-order valence-corrected chi connectivity index (χ1v) is 6.84. The van der Waals surface area contributed by atoms with E-state index < -0.39 is 0 Å². The van der Waals surface area contributed by atoms with Crippen molar-refractivity contribution in [3.63, 3.8) is 0 Å². The first kappa shape index (κ1) is 19.0. The number of hydrogen-bond donors (Lipinski definition) is 2. The van der Waals surface area contributed by atoms with E-state index in [0.717, 1.165) is 31.2 Å². The van der Waals surface area contributed by atoms with Crippen LogP contribution in [0, 0.1) is 5.92 Å². The number of rotatable bonds is 7. The zero-order valence-corrected chi connectivity index (χ0v) is 14.9. The van der Waals surface area contributed by atoms with E-state index in [4.69, 9.17) is 4.74 Å². The van der Waals surface area contributed by atoms with Gasteiger partial charge in [0.1, 0.15) is 5.75 Å². The van der Waals surface area contributed by atoms with Crippen LogP contribution in [-0.4, -0.2) is 32.7 Å². The van der Waals surface area contributed by atoms with E-state index >= 15 is 0 Å². The minimum atomic E-state index is 0. The van der Waals surface area contributed by atoms with Gasteiger partial charge in [-0.05, 0) is 24.5 Å². The molecule has 0 fully saturated rings. The van der Waals surface area contributed by atoms with Crippen LogP contribution in [0.2, 0.25) is 0 Å². The number of para-hydroxylation sites is 1. The van der Waals surface area contributed by atoms with Crippen LogP contribution >= 0.6 is 24.0 Å². The molecule has 0 heterocycles. The molecule has 0 radical (unpaired) electrons. The van der Waals surface area contributed by atoms with Gasteiger partial charge in [-0.2, -0.15) is 0 Å². The maximum Gasteiger partial charge on any atom is 0.190 e. The first-order chi connectivity index (χ1) is 9.22. The number of guanidine groups is 1. The molecule has 1 rings (SSSR count). The molecule has 0 aliphatic rings. The summed E-state index contributed by atoms with van der Waals surface area (Å²) in [6.07, 6.45) is 0.942. The number of halogens is 1. The largest absolute Gasteiger partial charge is 0.494 e. The summed E-state index contributed by atoms with van der Waals surface area (Å²) >= 11 is 0. The summed E-state index contributed by atoms with van der Waals surface area (Å²) < 4.78 is 5.62. The summed E-state index contributed by atoms with van der Waals surface area (Å²) in [5.74, 6) is 2.39. The molecule has 4 nitrogen and oxygen atoms in total. The van der Waals surface area contributed by atoms with Crippen molar-refractivity contribution in [1.29, 1.82) is 0 Å². The number of ether oxygens (including phenoxy) is 1. The molecule has 0 unspecified atom stereocenters. The predicted molar refractivity (Wildman–Crippen MR) is 96.2 cm³/mol. The van der Waals surface area contributed by atoms with Crippen LogP contribution in [-0.2, 0) is 0 Å². The second kappa shape index (κ2) is 11.8. The molecule has 5 heteroatoms. The normalized spacial score (nSPS) is 10.9. The maximum absolute atomic E-state index is 5.62. The Kier molecular flexibility index (Phi) is 11.2. The highest BCUT2D eigenvalue weighted by Crippen LogP contribution is 2.07. The van der Waals surface area contributed by atoms with E-state index in [0.29, 0.717) is 12.5 Å². The van der Waals surface area contributed by atoms with Crippen LogP contribution in [0.1, 0.15) is 20.3 Å². The highest BCUT2D eigenvalue weighted by Gasteiger charge is 1.98. The Bertz CT molecular complexity index is 369. The zero-order chi connectivity index (χ0) is 13.9. The van der Waals surface area contributed by atoms with Gasteiger partial charge in [-0.15, -0.1) is 24.0 Å². The lowest BCUT2D eigenvalue weighted by molar-refractivity contribution is 0.311. The maximum atomic E-state index is 5.62. The standard InChI is InChI=1S/C15H25N3O.HI/c1-13(2)12-18-15(16-3)17-10-7-11-19-14-8-5-4-6-9-14;/h4-6,8-9,13H,7,10-12H2,1-3H3,(H2,16,17,18);1H. The summed E-state index contributed by atoms with van der Waals surface area (Å²) in [5.41, 5.74) is 0. The number of benzene rings is 1. The molecule has 114 valence electrons. The van der Waals surface area contributed by atoms with Gasteiger partial charge in [-0.3, -0.25) is 4.99 Å². The minimum Gasteiger partial charge on any atom is -0.494 e. The Balaban J connectivity index is 0.00000361. The Labute approximate surface area is 139 Å². The Hall–Kier alpha value is -0.980. The summed E-state index contributed by atoms with van der Waals surface area (Å²) in [6, 6.07) is 9.88. The molecule has 0 saturated carbocycles. The van der Waals surface area contributed by atoms with Gasteiger partial charge in [-0.25, -0.2) is 0 Å². The van der Waals surface area contributed by atoms with Crippen molar-refractivity contribution in [2.75, 3.05) is 26.7 Å². The molecule has 0 bridgehead atoms. The van der Waals surface area contributed by atoms with Gasteiger partial charge in [0.05, 0.1) is 6.61 Å². The van der Waals surface area contributed by atoms with Crippen LogP contribution in [0.3, 0.4) is 0 Å². The third-order valence-corrected chi connectivity index (χ3v) is 2.53. The Morgan fingerprint density at radius 3 is 2.50 bits per heavy atom. The second-order valence-electron chi connectivity index (χ2n) is 4.79. The number of nitrogens with zero attached hydrogens (tertiary/aromatic N) is 1. The van der Waals surface area contributed by atoms with Crippen molar-refractivity contribution in [1.82, 2.24) is 10.6 Å². The second-order valence-corrected chi connectivity index (χ2v) is 4.79. The summed E-state index contributed by atoms with van der Waals surface area (Å²) in [6.45, 7) is 6.84. The number of aliphatic imine (C=N–C) groups is 1. The van der Waals surface area contributed by atoms with Crippen LogP contribution in [0.4, 0.5) is 0 Å². The van der Waals surface area contributed by atoms with Crippen molar-refractivity contribution >= 4 is 29.9 Å². The van der Waals surface area contributed by atoms with Crippen LogP contribution in [0.25, 0.3) is 0 Å². The van der Waals surface area contributed by atoms with Crippen molar-refractivity contribution in [2.24, 2.45) is 10.9 Å². The molecule has 2 N–H and O–H groups in total. The van der Waals surface area contributed by atoms with Gasteiger partial charge in [0.2, 0.25) is 0 Å². The molecule has 0 aromatic heterocycles. The van der Waals surface area contributed by atoms with Gasteiger partial charge in [-0.1, -0.05) is 32.0 Å². The van der Waals surface area contributed by atoms with Crippen molar-refractivity contribution < 1.29 is 4.74 Å². The molecule has 0 atom stereocenters. The van der Waals surface area contributed by atoms with Gasteiger partial charge >= 0.3 is 0 Å². The zero-order valence-electron chi connectivity index (χ0n) is 12.6. The molecule has 1 aromatic rings. The lowest BCUT2D eigenvalue weighted by Gasteiger charge is -2.13. The quantitative estimate of drug-likeness (QED) is 0.325. The summed E-state index contributed by atoms with van der Waals surface area (Å²) in [4.78, 5) is 4.17. The van der Waals surface area contributed by atoms with Gasteiger partial charge in [0.25, 0.3) is 0 Å². The smallest absolute Gasteiger partial charge is 0.190 e. The monoisotopic (exact) mass is 391 g/mol. The van der Waals surface area contributed by atoms with E-state index in [9.17, 15) is 0 Å². The van der Waals surface area contributed by atoms with E-state index in [-0.39, 0.29) is 24.0 Å². The molecule has 1 aromatic carbocycles. The van der Waals surface area contributed by atoms with Gasteiger partial charge in [0.15, 0.2) is 5.96 Å². The fraction of sp³-hybridized carbons (Fsp3) is 0.533. The topological polar surface area (TPSA) is 45.7 Å². The van der Waals surface area contributed by atoms with Crippen molar-refractivity contribution in [2.45, 2.75) is 20.3 Å². The molecule has 0 saturated heterocycles. The van der Waals surface area contributed by atoms with E-state index in [1.165, 1.54) is 0 Å². The number of hydrogen-bond acceptors (Lipinski definition) is 2. The fourth-order valence-corrected chi connectivity index (χ4v) is 1.51.